The number of alkyl halides is 3. The number of nitrogens with two attached hydrogens (primary N) is 1. The molecule has 0 spiro atoms. The third kappa shape index (κ3) is 7.74. The zero-order chi connectivity index (χ0) is 24.8. The zero-order valence-electron chi connectivity index (χ0n) is 19.4. The van der Waals surface area contributed by atoms with Gasteiger partial charge in [-0.2, -0.15) is 17.9 Å². The van der Waals surface area contributed by atoms with E-state index in [0.717, 1.165) is 0 Å². The van der Waals surface area contributed by atoms with Gasteiger partial charge >= 0.3 is 15.5 Å². The molecule has 0 aliphatic rings. The fraction of sp³-hybridized carbons (Fsp3) is 0.280. The van der Waals surface area contributed by atoms with Gasteiger partial charge in [0.05, 0.1) is 12.1 Å². The summed E-state index contributed by atoms with van der Waals surface area (Å²) < 4.78 is 62.7. The van der Waals surface area contributed by atoms with E-state index in [1.165, 1.54) is 34.4 Å². The molecule has 0 heterocycles. The number of benzene rings is 3. The van der Waals surface area contributed by atoms with E-state index in [9.17, 15) is 21.6 Å². The van der Waals surface area contributed by atoms with Gasteiger partial charge in [-0.3, -0.25) is 0 Å². The van der Waals surface area contributed by atoms with Gasteiger partial charge in [-0.1, -0.05) is 72.8 Å². The molecule has 0 bridgehead atoms. The molecule has 186 valence electrons. The second kappa shape index (κ2) is 12.6. The number of nitrogens with one attached hydrogen (secondary N) is 1. The van der Waals surface area contributed by atoms with Crippen molar-refractivity contribution in [1.29, 1.82) is 0 Å². The number of halogens is 3. The van der Waals surface area contributed by atoms with Crippen molar-refractivity contribution in [3.63, 3.8) is 0 Å². The maximum atomic E-state index is 12.7. The molecule has 34 heavy (non-hydrogen) atoms. The molecule has 3 N–H and O–H groups in total. The molecule has 4 nitrogen and oxygen atoms in total. The van der Waals surface area contributed by atoms with Gasteiger partial charge in [0.2, 0.25) is 0 Å². The van der Waals surface area contributed by atoms with Gasteiger partial charge in [-0.25, -0.2) is 8.42 Å². The fourth-order valence-electron chi connectivity index (χ4n) is 3.20. The van der Waals surface area contributed by atoms with Crippen LogP contribution in [0.5, 0.6) is 0 Å². The number of hydrogen-bond acceptors (Lipinski definition) is 3. The summed E-state index contributed by atoms with van der Waals surface area (Å²) in [5.41, 5.74) is 7.13. The van der Waals surface area contributed by atoms with Crippen molar-refractivity contribution in [2.75, 3.05) is 0 Å². The van der Waals surface area contributed by atoms with Gasteiger partial charge in [0.1, 0.15) is 0 Å². The summed E-state index contributed by atoms with van der Waals surface area (Å²) in [4.78, 5) is 0. The van der Waals surface area contributed by atoms with Crippen LogP contribution in [-0.4, -0.2) is 13.9 Å². The summed E-state index contributed by atoms with van der Waals surface area (Å²) in [7, 11) is -5.53. The normalized spacial score (nSPS) is 13.2. The number of aryl methyl sites for hydroxylation is 2. The Kier molecular flexibility index (Phi) is 11.1. The monoisotopic (exact) mass is 580 g/mol. The van der Waals surface area contributed by atoms with E-state index in [-0.39, 0.29) is 19.5 Å². The molecule has 0 unspecified atom stereocenters. The molecule has 0 fully saturated rings. The summed E-state index contributed by atoms with van der Waals surface area (Å²) >= 11 is 0. The van der Waals surface area contributed by atoms with E-state index in [0.29, 0.717) is 11.1 Å². The summed E-state index contributed by atoms with van der Waals surface area (Å²) in [5.74, 6) is 0. The van der Waals surface area contributed by atoms with Gasteiger partial charge in [-0.15, -0.1) is 0 Å². The Hall–Kier alpha value is -2.06. The van der Waals surface area contributed by atoms with Crippen LogP contribution in [0, 0.1) is 27.7 Å². The first-order valence-corrected chi connectivity index (χ1v) is 11.8. The van der Waals surface area contributed by atoms with Gasteiger partial charge in [0.25, 0.3) is 0 Å². The van der Waals surface area contributed by atoms with Crippen LogP contribution >= 0.6 is 0 Å². The third-order valence-electron chi connectivity index (χ3n) is 5.62. The SMILES string of the molecule is Cc1ccc(C)c(C)c1C.N[C@@H](c1ccccc1)[C@@H](NS(=O)(=O)C(F)(F)F)c1ccccc1.[Ru]. The minimum atomic E-state index is -5.53. The molecule has 3 aromatic rings. The van der Waals surface area contributed by atoms with E-state index in [4.69, 9.17) is 5.73 Å². The van der Waals surface area contributed by atoms with Crippen molar-refractivity contribution in [3.05, 3.63) is 106 Å². The van der Waals surface area contributed by atoms with Crippen LogP contribution < -0.4 is 10.5 Å². The van der Waals surface area contributed by atoms with Crippen LogP contribution in [0.3, 0.4) is 0 Å². The van der Waals surface area contributed by atoms with Gasteiger partial charge in [0, 0.05) is 19.5 Å². The van der Waals surface area contributed by atoms with Gasteiger partial charge in [0.15, 0.2) is 0 Å². The van der Waals surface area contributed by atoms with Crippen molar-refractivity contribution in [2.45, 2.75) is 45.3 Å². The molecule has 0 aliphatic heterocycles. The third-order valence-corrected chi connectivity index (χ3v) is 6.79. The number of sulfonamides is 1. The Labute approximate surface area is 212 Å². The minimum absolute atomic E-state index is 0. The van der Waals surface area contributed by atoms with Crippen LogP contribution in [0.25, 0.3) is 0 Å². The second-order valence-corrected chi connectivity index (χ2v) is 9.55. The first kappa shape index (κ1) is 30.0. The quantitative estimate of drug-likeness (QED) is 0.376. The largest absolute Gasteiger partial charge is 0.511 e. The first-order chi connectivity index (χ1) is 15.3. The molecule has 2 atom stereocenters. The maximum Gasteiger partial charge on any atom is 0.511 e. The summed E-state index contributed by atoms with van der Waals surface area (Å²) in [5, 5.41) is 0. The molecule has 0 amide bonds. The number of rotatable bonds is 5. The molecular formula is C25H29F3N2O2RuS. The molecule has 0 radical (unpaired) electrons. The summed E-state index contributed by atoms with van der Waals surface area (Å²) in [6, 6.07) is 18.4. The van der Waals surface area contributed by atoms with Crippen molar-refractivity contribution >= 4 is 10.0 Å². The summed E-state index contributed by atoms with van der Waals surface area (Å²) in [6.07, 6.45) is 0. The average Bonchev–Trinajstić information content (AvgIpc) is 2.79. The molecule has 0 saturated carbocycles. The van der Waals surface area contributed by atoms with Crippen LogP contribution in [0.1, 0.15) is 45.5 Å². The Morgan fingerprint density at radius 2 is 1.12 bits per heavy atom. The molecule has 0 aliphatic carbocycles. The van der Waals surface area contributed by atoms with Crippen molar-refractivity contribution in [2.24, 2.45) is 5.73 Å². The van der Waals surface area contributed by atoms with E-state index < -0.39 is 27.6 Å². The average molecular weight is 580 g/mol. The van der Waals surface area contributed by atoms with Crippen molar-refractivity contribution in [3.8, 4) is 0 Å². The minimum Gasteiger partial charge on any atom is -0.322 e. The van der Waals surface area contributed by atoms with E-state index in [1.54, 1.807) is 53.3 Å². The standard InChI is InChI=1S/C15H15F3N2O2S.C10H14.Ru/c16-15(17,18)23(21,22)20-14(12-9-5-2-6-10-12)13(19)11-7-3-1-4-8-11;1-7-5-6-8(2)10(4)9(7)3;/h1-10,13-14,20H,19H2;5-6H,1-4H3;/t13-,14-;;/m0../s1. The first-order valence-electron chi connectivity index (χ1n) is 10.3. The predicted octanol–water partition coefficient (Wildman–Crippen LogP) is 5.78. The zero-order valence-corrected chi connectivity index (χ0v) is 21.9. The Bertz CT molecular complexity index is 1130. The van der Waals surface area contributed by atoms with E-state index >= 15 is 0 Å². The van der Waals surface area contributed by atoms with Gasteiger partial charge in [-0.05, 0) is 61.1 Å². The van der Waals surface area contributed by atoms with Crippen LogP contribution in [0.2, 0.25) is 0 Å². The van der Waals surface area contributed by atoms with Gasteiger partial charge < -0.3 is 5.73 Å². The van der Waals surface area contributed by atoms with Crippen molar-refractivity contribution < 1.29 is 41.1 Å². The maximum absolute atomic E-state index is 12.7. The second-order valence-electron chi connectivity index (χ2n) is 7.84. The van der Waals surface area contributed by atoms with Crippen molar-refractivity contribution in [1.82, 2.24) is 4.72 Å². The molecule has 3 aromatic carbocycles. The smallest absolute Gasteiger partial charge is 0.322 e. The Balaban J connectivity index is 0.000000442. The molecule has 0 aromatic heterocycles. The van der Waals surface area contributed by atoms with Crippen LogP contribution in [0.4, 0.5) is 13.2 Å². The molecule has 0 saturated heterocycles. The molecule has 3 rings (SSSR count). The van der Waals surface area contributed by atoms with E-state index in [2.05, 4.69) is 39.8 Å². The Morgan fingerprint density at radius 3 is 1.50 bits per heavy atom. The summed E-state index contributed by atoms with van der Waals surface area (Å²) in [6.45, 7) is 8.67. The number of hydrogen-bond donors (Lipinski definition) is 2. The molecular weight excluding hydrogens is 550 g/mol. The molecule has 9 heteroatoms. The topological polar surface area (TPSA) is 72.2 Å². The fourth-order valence-corrected chi connectivity index (χ4v) is 3.95. The van der Waals surface area contributed by atoms with Crippen LogP contribution in [-0.2, 0) is 29.5 Å². The predicted molar refractivity (Wildman–Crippen MR) is 126 cm³/mol. The van der Waals surface area contributed by atoms with E-state index in [1.807, 2.05) is 0 Å². The van der Waals surface area contributed by atoms with Crippen LogP contribution in [0.15, 0.2) is 72.8 Å². The Morgan fingerprint density at radius 1 is 0.735 bits per heavy atom.